The van der Waals surface area contributed by atoms with Gasteiger partial charge in [-0.3, -0.25) is 0 Å². The largest absolute Gasteiger partial charge is 0.453 e. The summed E-state index contributed by atoms with van der Waals surface area (Å²) in [5.74, 6) is 0.251. The van der Waals surface area contributed by atoms with Crippen LogP contribution in [0.15, 0.2) is 10.5 Å². The lowest BCUT2D eigenvalue weighted by Crippen LogP contribution is -2.17. The van der Waals surface area contributed by atoms with E-state index in [2.05, 4.69) is 13.8 Å². The van der Waals surface area contributed by atoms with E-state index in [-0.39, 0.29) is 12.1 Å². The molecule has 3 heteroatoms. The van der Waals surface area contributed by atoms with Crippen molar-refractivity contribution in [3.05, 3.63) is 10.5 Å². The summed E-state index contributed by atoms with van der Waals surface area (Å²) in [5, 5.41) is 0. The minimum atomic E-state index is -0.120. The maximum absolute atomic E-state index is 11.4. The Hall–Kier alpha value is -0.440. The highest BCUT2D eigenvalue weighted by Gasteiger charge is 2.34. The highest BCUT2D eigenvalue weighted by atomic mass is 32.2. The predicted octanol–water partition coefficient (Wildman–Crippen LogP) is 2.59. The average Bonchev–Trinajstić information content (AvgIpc) is 2.41. The minimum Gasteiger partial charge on any atom is -0.453 e. The van der Waals surface area contributed by atoms with Crippen molar-refractivity contribution in [1.82, 2.24) is 0 Å². The first-order valence-corrected chi connectivity index (χ1v) is 5.82. The number of cyclic esters (lactones) is 1. The Kier molecular flexibility index (Phi) is 3.42. The number of carbonyl (C=O) groups is 1. The Morgan fingerprint density at radius 3 is 2.54 bits per heavy atom. The van der Waals surface area contributed by atoms with Crippen molar-refractivity contribution in [3.8, 4) is 0 Å². The second kappa shape index (κ2) is 4.18. The van der Waals surface area contributed by atoms with Gasteiger partial charge in [-0.15, -0.1) is 11.8 Å². The maximum atomic E-state index is 11.4. The third-order valence-electron chi connectivity index (χ3n) is 2.22. The number of hydrogen-bond acceptors (Lipinski definition) is 3. The first-order chi connectivity index (χ1) is 6.11. The number of hydrogen-bond donors (Lipinski definition) is 0. The zero-order valence-electron chi connectivity index (χ0n) is 8.59. The highest BCUT2D eigenvalue weighted by Crippen LogP contribution is 2.35. The van der Waals surface area contributed by atoms with Gasteiger partial charge in [-0.05, 0) is 18.6 Å². The smallest absolute Gasteiger partial charge is 0.335 e. The number of ether oxygens (including phenoxy) is 1. The maximum Gasteiger partial charge on any atom is 0.335 e. The first kappa shape index (κ1) is 10.6. The zero-order valence-corrected chi connectivity index (χ0v) is 9.40. The van der Waals surface area contributed by atoms with Crippen molar-refractivity contribution >= 4 is 17.7 Å². The van der Waals surface area contributed by atoms with Crippen LogP contribution in [-0.2, 0) is 9.53 Å². The van der Waals surface area contributed by atoms with Crippen LogP contribution in [0.3, 0.4) is 0 Å². The Labute approximate surface area is 83.7 Å². The molecule has 74 valence electrons. The summed E-state index contributed by atoms with van der Waals surface area (Å²) in [6.45, 7) is 6.15. The van der Waals surface area contributed by atoms with Crippen molar-refractivity contribution in [3.63, 3.8) is 0 Å². The standard InChI is InChI=1S/C10H16O2S/c1-5-7-9(13-4)8(6(2)3)12-10(7)11/h6,8H,5H2,1-4H3. The van der Waals surface area contributed by atoms with Crippen molar-refractivity contribution in [2.24, 2.45) is 5.92 Å². The summed E-state index contributed by atoms with van der Waals surface area (Å²) in [6.07, 6.45) is 2.78. The molecule has 0 aromatic heterocycles. The summed E-state index contributed by atoms with van der Waals surface area (Å²) < 4.78 is 5.30. The Bertz CT molecular complexity index is 243. The fourth-order valence-corrected chi connectivity index (χ4v) is 2.54. The van der Waals surface area contributed by atoms with Gasteiger partial charge in [0.15, 0.2) is 0 Å². The quantitative estimate of drug-likeness (QED) is 0.655. The summed E-state index contributed by atoms with van der Waals surface area (Å²) in [5.41, 5.74) is 0.867. The molecule has 1 unspecified atom stereocenters. The zero-order chi connectivity index (χ0) is 10.0. The van der Waals surface area contributed by atoms with Crippen LogP contribution in [0, 0.1) is 5.92 Å². The first-order valence-electron chi connectivity index (χ1n) is 4.59. The SMILES string of the molecule is CCC1=C(SC)C(C(C)C)OC1=O. The van der Waals surface area contributed by atoms with E-state index in [9.17, 15) is 4.79 Å². The molecule has 1 aliphatic rings. The number of rotatable bonds is 3. The molecule has 13 heavy (non-hydrogen) atoms. The molecule has 1 heterocycles. The molecule has 0 N–H and O–H groups in total. The monoisotopic (exact) mass is 200 g/mol. The van der Waals surface area contributed by atoms with E-state index in [1.807, 2.05) is 13.2 Å². The number of carbonyl (C=O) groups excluding carboxylic acids is 1. The van der Waals surface area contributed by atoms with Crippen LogP contribution < -0.4 is 0 Å². The van der Waals surface area contributed by atoms with Gasteiger partial charge < -0.3 is 4.74 Å². The second-order valence-electron chi connectivity index (χ2n) is 3.47. The molecule has 0 amide bonds. The van der Waals surface area contributed by atoms with Gasteiger partial charge in [0, 0.05) is 4.91 Å². The molecule has 0 saturated heterocycles. The van der Waals surface area contributed by atoms with Gasteiger partial charge in [0.2, 0.25) is 0 Å². The van der Waals surface area contributed by atoms with Gasteiger partial charge >= 0.3 is 5.97 Å². The molecule has 1 aliphatic heterocycles. The van der Waals surface area contributed by atoms with Gasteiger partial charge in [0.1, 0.15) is 6.10 Å². The molecule has 0 bridgehead atoms. The van der Waals surface area contributed by atoms with Crippen LogP contribution in [0.2, 0.25) is 0 Å². The molecule has 0 aliphatic carbocycles. The van der Waals surface area contributed by atoms with E-state index in [1.54, 1.807) is 11.8 Å². The third kappa shape index (κ3) is 1.90. The topological polar surface area (TPSA) is 26.3 Å². The summed E-state index contributed by atoms with van der Waals surface area (Å²) in [6, 6.07) is 0. The fourth-order valence-electron chi connectivity index (χ4n) is 1.51. The molecule has 0 aromatic carbocycles. The van der Waals surface area contributed by atoms with E-state index in [0.717, 1.165) is 16.9 Å². The molecule has 2 nitrogen and oxygen atoms in total. The van der Waals surface area contributed by atoms with E-state index >= 15 is 0 Å². The van der Waals surface area contributed by atoms with E-state index in [1.165, 1.54) is 0 Å². The van der Waals surface area contributed by atoms with Gasteiger partial charge in [0.05, 0.1) is 5.57 Å². The summed E-state index contributed by atoms with van der Waals surface area (Å²) in [4.78, 5) is 12.5. The molecule has 0 radical (unpaired) electrons. The van der Waals surface area contributed by atoms with Crippen LogP contribution in [-0.4, -0.2) is 18.3 Å². The molecule has 0 aromatic rings. The average molecular weight is 200 g/mol. The highest BCUT2D eigenvalue weighted by molar-refractivity contribution is 8.02. The lowest BCUT2D eigenvalue weighted by molar-refractivity contribution is -0.141. The number of esters is 1. The van der Waals surface area contributed by atoms with Crippen molar-refractivity contribution in [2.45, 2.75) is 33.3 Å². The third-order valence-corrected chi connectivity index (χ3v) is 3.13. The second-order valence-corrected chi connectivity index (χ2v) is 4.32. The van der Waals surface area contributed by atoms with Gasteiger partial charge in [0.25, 0.3) is 0 Å². The van der Waals surface area contributed by atoms with Gasteiger partial charge in [-0.25, -0.2) is 4.79 Å². The fraction of sp³-hybridized carbons (Fsp3) is 0.700. The van der Waals surface area contributed by atoms with Crippen LogP contribution in [0.25, 0.3) is 0 Å². The molecule has 0 spiro atoms. The van der Waals surface area contributed by atoms with Gasteiger partial charge in [-0.2, -0.15) is 0 Å². The van der Waals surface area contributed by atoms with Crippen molar-refractivity contribution in [1.29, 1.82) is 0 Å². The van der Waals surface area contributed by atoms with E-state index < -0.39 is 0 Å². The summed E-state index contributed by atoms with van der Waals surface area (Å²) >= 11 is 1.64. The Balaban J connectivity index is 2.95. The lowest BCUT2D eigenvalue weighted by atomic mass is 10.1. The Morgan fingerprint density at radius 1 is 1.54 bits per heavy atom. The van der Waals surface area contributed by atoms with Crippen LogP contribution in [0.4, 0.5) is 0 Å². The molecule has 1 atom stereocenters. The Morgan fingerprint density at radius 2 is 2.15 bits per heavy atom. The minimum absolute atomic E-state index is 0.00236. The van der Waals surface area contributed by atoms with Crippen molar-refractivity contribution in [2.75, 3.05) is 6.26 Å². The van der Waals surface area contributed by atoms with Crippen LogP contribution in [0.5, 0.6) is 0 Å². The van der Waals surface area contributed by atoms with Gasteiger partial charge in [-0.1, -0.05) is 20.8 Å². The lowest BCUT2D eigenvalue weighted by Gasteiger charge is -2.15. The number of thioether (sulfide) groups is 1. The van der Waals surface area contributed by atoms with E-state index in [0.29, 0.717) is 5.92 Å². The molecule has 0 fully saturated rings. The molecule has 0 saturated carbocycles. The normalized spacial score (nSPS) is 22.8. The van der Waals surface area contributed by atoms with Crippen LogP contribution >= 0.6 is 11.8 Å². The molecular formula is C10H16O2S. The molecular weight excluding hydrogens is 184 g/mol. The molecule has 1 rings (SSSR count). The van der Waals surface area contributed by atoms with Crippen molar-refractivity contribution < 1.29 is 9.53 Å². The predicted molar refractivity (Wildman–Crippen MR) is 55.6 cm³/mol. The summed E-state index contributed by atoms with van der Waals surface area (Å²) in [7, 11) is 0. The van der Waals surface area contributed by atoms with Crippen LogP contribution in [0.1, 0.15) is 27.2 Å². The van der Waals surface area contributed by atoms with E-state index in [4.69, 9.17) is 4.74 Å².